The number of hydrogen-bond donors (Lipinski definition) is 2. The van der Waals surface area contributed by atoms with Crippen LogP contribution in [0.4, 0.5) is 0 Å². The van der Waals surface area contributed by atoms with Crippen LogP contribution in [-0.4, -0.2) is 106 Å². The maximum atomic E-state index is 11.7. The van der Waals surface area contributed by atoms with Crippen LogP contribution >= 0.6 is 0 Å². The Hall–Kier alpha value is -1.21. The molecule has 1 atom stereocenters. The largest absolute Gasteiger partial charge is 0.379 e. The Bertz CT molecular complexity index is 450. The van der Waals surface area contributed by atoms with E-state index in [1.807, 2.05) is 6.92 Å². The molecular weight excluding hydrogens is 352 g/mol. The van der Waals surface area contributed by atoms with Gasteiger partial charge in [-0.15, -0.1) is 13.2 Å². The second kappa shape index (κ2) is 13.9. The summed E-state index contributed by atoms with van der Waals surface area (Å²) in [6.07, 6.45) is 0. The minimum absolute atomic E-state index is 0. The third-order valence-corrected chi connectivity index (χ3v) is 3.40. The third kappa shape index (κ3) is 19.5. The second-order valence-electron chi connectivity index (χ2n) is 9.56. The molecule has 0 spiro atoms. The van der Waals surface area contributed by atoms with Gasteiger partial charge in [-0.2, -0.15) is 0 Å². The van der Waals surface area contributed by atoms with Crippen LogP contribution < -0.4 is 5.32 Å². The Kier molecular flexibility index (Phi) is 18.6. The molecule has 6 nitrogen and oxygen atoms in total. The standard InChI is InChI=1S/C17H38N4O2.C2H4.3CH3/c1-15(2)16(22)18-13-21(9,10)14-20(7,8)12-17(3,23)11-19(4,5)6;1-2;;;/h23H,1,11-14H2,2-10H3;1-2H2;3*1H3/q+2;;3*-1/p+1. The lowest BCUT2D eigenvalue weighted by molar-refractivity contribution is -1.07. The zero-order chi connectivity index (χ0) is 20.7. The van der Waals surface area contributed by atoms with Crippen molar-refractivity contribution in [3.63, 3.8) is 0 Å². The number of likely N-dealkylation sites (N-methyl/N-ethyl adjacent to an activating group) is 2. The van der Waals surface area contributed by atoms with E-state index in [2.05, 4.69) is 74.4 Å². The number of amides is 1. The van der Waals surface area contributed by atoms with E-state index in [-0.39, 0.29) is 28.2 Å². The SMILES string of the molecule is C=C.C=C(C)C(=O)NC[N+](C)(C)C[N+](C)(C)CC(C)(O)C[N+](C)(C)C.[CH3-].[CH3-].[CH3-]. The Morgan fingerprint density at radius 2 is 1.32 bits per heavy atom. The van der Waals surface area contributed by atoms with Crippen molar-refractivity contribution in [1.82, 2.24) is 5.32 Å². The molecule has 0 fully saturated rings. The molecule has 1 amide bonds. The van der Waals surface area contributed by atoms with E-state index in [1.54, 1.807) is 6.92 Å². The summed E-state index contributed by atoms with van der Waals surface area (Å²) >= 11 is 0. The lowest BCUT2D eigenvalue weighted by Crippen LogP contribution is -2.64. The Morgan fingerprint density at radius 3 is 1.64 bits per heavy atom. The minimum atomic E-state index is -0.747. The van der Waals surface area contributed by atoms with Crippen LogP contribution in [-0.2, 0) is 4.79 Å². The van der Waals surface area contributed by atoms with E-state index >= 15 is 0 Å². The summed E-state index contributed by atoms with van der Waals surface area (Å²) in [5.41, 5.74) is -0.229. The van der Waals surface area contributed by atoms with E-state index in [4.69, 9.17) is 0 Å². The van der Waals surface area contributed by atoms with Crippen LogP contribution in [0.15, 0.2) is 25.3 Å². The summed E-state index contributed by atoms with van der Waals surface area (Å²) in [5.74, 6) is -0.112. The fraction of sp³-hybridized carbons (Fsp3) is 0.636. The summed E-state index contributed by atoms with van der Waals surface area (Å²) in [6.45, 7) is 15.9. The number of nitrogens with zero attached hydrogens (tertiary/aromatic N) is 3. The number of hydrogen-bond acceptors (Lipinski definition) is 2. The van der Waals surface area contributed by atoms with Crippen LogP contribution in [0.25, 0.3) is 0 Å². The molecule has 1 unspecified atom stereocenters. The summed E-state index contributed by atoms with van der Waals surface area (Å²) in [6, 6.07) is 0. The first-order valence-corrected chi connectivity index (χ1v) is 8.55. The number of rotatable bonds is 9. The molecule has 28 heavy (non-hydrogen) atoms. The highest BCUT2D eigenvalue weighted by Crippen LogP contribution is 2.16. The average molecular weight is 405 g/mol. The van der Waals surface area contributed by atoms with E-state index < -0.39 is 5.60 Å². The van der Waals surface area contributed by atoms with Crippen molar-refractivity contribution in [2.45, 2.75) is 19.4 Å². The molecule has 0 aromatic carbocycles. The van der Waals surface area contributed by atoms with E-state index in [9.17, 15) is 9.90 Å². The molecule has 0 radical (unpaired) electrons. The fourth-order valence-corrected chi connectivity index (χ4v) is 3.57. The molecule has 0 aliphatic carbocycles. The Labute approximate surface area is 177 Å². The Morgan fingerprint density at radius 1 is 0.929 bits per heavy atom. The van der Waals surface area contributed by atoms with Gasteiger partial charge in [0, 0.05) is 5.57 Å². The number of carbonyl (C=O) groups excluding carboxylic acids is 1. The summed E-state index contributed by atoms with van der Waals surface area (Å²) < 4.78 is 2.02. The van der Waals surface area contributed by atoms with Crippen LogP contribution in [0.1, 0.15) is 13.8 Å². The highest BCUT2D eigenvalue weighted by atomic mass is 16.3. The molecule has 0 aromatic rings. The van der Waals surface area contributed by atoms with Gasteiger partial charge in [0.2, 0.25) is 6.67 Å². The molecule has 0 aliphatic heterocycles. The van der Waals surface area contributed by atoms with E-state index in [1.165, 1.54) is 0 Å². The van der Waals surface area contributed by atoms with Gasteiger partial charge in [-0.1, -0.05) is 6.58 Å². The molecule has 2 N–H and O–H groups in total. The van der Waals surface area contributed by atoms with Gasteiger partial charge in [0.1, 0.15) is 13.1 Å². The molecular formula is C22H52N4O2. The number of carbonyl (C=O) groups is 1. The van der Waals surface area contributed by atoms with E-state index in [0.29, 0.717) is 34.3 Å². The molecule has 172 valence electrons. The number of aliphatic hydroxyl groups is 1. The first kappa shape index (κ1) is 37.5. The average Bonchev–Trinajstić information content (AvgIpc) is 2.32. The summed E-state index contributed by atoms with van der Waals surface area (Å²) in [5, 5.41) is 13.7. The molecule has 0 heterocycles. The first-order valence-electron chi connectivity index (χ1n) is 8.55. The lowest BCUT2D eigenvalue weighted by atomic mass is 10.0. The van der Waals surface area contributed by atoms with Crippen molar-refractivity contribution in [3.8, 4) is 0 Å². The lowest BCUT2D eigenvalue weighted by Gasteiger charge is -2.42. The predicted molar refractivity (Wildman–Crippen MR) is 126 cm³/mol. The van der Waals surface area contributed by atoms with Crippen LogP contribution in [0.2, 0.25) is 0 Å². The van der Waals surface area contributed by atoms with Crippen molar-refractivity contribution in [2.24, 2.45) is 0 Å². The first-order chi connectivity index (χ1) is 10.9. The zero-order valence-corrected chi connectivity index (χ0v) is 21.1. The number of nitrogens with one attached hydrogen (secondary N) is 1. The van der Waals surface area contributed by atoms with Crippen LogP contribution in [0.3, 0.4) is 0 Å². The van der Waals surface area contributed by atoms with Gasteiger partial charge in [0.25, 0.3) is 5.91 Å². The molecule has 0 rings (SSSR count). The monoisotopic (exact) mass is 404 g/mol. The normalized spacial score (nSPS) is 13.2. The molecule has 6 heteroatoms. The van der Waals surface area contributed by atoms with Crippen LogP contribution in [0, 0.1) is 22.3 Å². The highest BCUT2D eigenvalue weighted by Gasteiger charge is 2.38. The van der Waals surface area contributed by atoms with Crippen molar-refractivity contribution in [1.29, 1.82) is 0 Å². The van der Waals surface area contributed by atoms with Gasteiger partial charge in [-0.05, 0) is 13.8 Å². The van der Waals surface area contributed by atoms with Gasteiger partial charge in [0.05, 0.1) is 49.3 Å². The minimum Gasteiger partial charge on any atom is -0.379 e. The van der Waals surface area contributed by atoms with E-state index in [0.717, 1.165) is 11.2 Å². The fourth-order valence-electron chi connectivity index (χ4n) is 3.57. The molecule has 0 bridgehead atoms. The van der Waals surface area contributed by atoms with Crippen molar-refractivity contribution >= 4 is 5.91 Å². The quantitative estimate of drug-likeness (QED) is 0.204. The molecule has 0 saturated carbocycles. The zero-order valence-electron chi connectivity index (χ0n) is 21.1. The van der Waals surface area contributed by atoms with Gasteiger partial charge in [-0.3, -0.25) is 13.8 Å². The van der Waals surface area contributed by atoms with Gasteiger partial charge in [0.15, 0.2) is 12.3 Å². The third-order valence-electron chi connectivity index (χ3n) is 3.40. The molecule has 0 saturated heterocycles. The second-order valence-corrected chi connectivity index (χ2v) is 9.56. The van der Waals surface area contributed by atoms with Gasteiger partial charge < -0.3 is 37.2 Å². The molecule has 0 aliphatic rings. The van der Waals surface area contributed by atoms with Gasteiger partial charge in [-0.25, -0.2) is 0 Å². The number of quaternary nitrogens is 3. The maximum Gasteiger partial charge on any atom is 0.250 e. The van der Waals surface area contributed by atoms with Crippen molar-refractivity contribution in [3.05, 3.63) is 47.6 Å². The summed E-state index contributed by atoms with van der Waals surface area (Å²) in [7, 11) is 14.6. The van der Waals surface area contributed by atoms with Crippen molar-refractivity contribution < 1.29 is 23.4 Å². The van der Waals surface area contributed by atoms with Crippen molar-refractivity contribution in [2.75, 3.05) is 75.8 Å². The predicted octanol–water partition coefficient (Wildman–Crippen LogP) is 2.36. The smallest absolute Gasteiger partial charge is 0.250 e. The Balaban J connectivity index is -0.000000340. The maximum absolute atomic E-state index is 11.7. The van der Waals surface area contributed by atoms with Crippen LogP contribution in [0.5, 0.6) is 0 Å². The topological polar surface area (TPSA) is 49.3 Å². The molecule has 0 aromatic heterocycles. The van der Waals surface area contributed by atoms with Gasteiger partial charge >= 0.3 is 0 Å². The summed E-state index contributed by atoms with van der Waals surface area (Å²) in [4.78, 5) is 11.7. The highest BCUT2D eigenvalue weighted by molar-refractivity contribution is 5.91.